The van der Waals surface area contributed by atoms with Crippen molar-refractivity contribution in [3.63, 3.8) is 0 Å². The van der Waals surface area contributed by atoms with Gasteiger partial charge in [-0.3, -0.25) is 9.78 Å². The van der Waals surface area contributed by atoms with E-state index in [1.165, 1.54) is 23.4 Å². The molecule has 2 amide bonds. The van der Waals surface area contributed by atoms with Gasteiger partial charge in [0.1, 0.15) is 11.5 Å². The van der Waals surface area contributed by atoms with Crippen molar-refractivity contribution in [2.24, 2.45) is 5.73 Å². The molecule has 5 rings (SSSR count). The van der Waals surface area contributed by atoms with Gasteiger partial charge in [-0.1, -0.05) is 30.3 Å². The molecular formula is C28H30FN9O4. The van der Waals surface area contributed by atoms with E-state index in [1.807, 2.05) is 30.3 Å². The average molecular weight is 576 g/mol. The van der Waals surface area contributed by atoms with Gasteiger partial charge in [0.15, 0.2) is 11.6 Å². The number of amides is 2. The molecule has 0 aliphatic heterocycles. The average Bonchev–Trinajstić information content (AvgIpc) is 3.51. The third-order valence-corrected chi connectivity index (χ3v) is 6.96. The van der Waals surface area contributed by atoms with Crippen LogP contribution >= 0.6 is 0 Å². The summed E-state index contributed by atoms with van der Waals surface area (Å²) in [5.41, 5.74) is 8.04. The van der Waals surface area contributed by atoms with Crippen LogP contribution in [-0.2, 0) is 11.3 Å². The number of carbonyl (C=O) groups excluding carboxylic acids is 1. The molecule has 3 heterocycles. The number of aryl methyl sites for hydroxylation is 1. The maximum Gasteiger partial charge on any atom is 0.404 e. The van der Waals surface area contributed by atoms with Crippen LogP contribution in [0.5, 0.6) is 0 Å². The molecule has 6 N–H and O–H groups in total. The van der Waals surface area contributed by atoms with Gasteiger partial charge in [0, 0.05) is 0 Å². The zero-order valence-corrected chi connectivity index (χ0v) is 22.7. The van der Waals surface area contributed by atoms with E-state index in [-0.39, 0.29) is 23.3 Å². The number of nitrogens with zero attached hydrogens (tertiary/aromatic N) is 5. The second-order valence-electron chi connectivity index (χ2n) is 9.89. The first kappa shape index (κ1) is 28.4. The number of nitrogens with two attached hydrogens (primary N) is 1. The van der Waals surface area contributed by atoms with Gasteiger partial charge >= 0.3 is 6.09 Å². The molecule has 13 nitrogen and oxygen atoms in total. The third-order valence-electron chi connectivity index (χ3n) is 6.96. The van der Waals surface area contributed by atoms with Crippen molar-refractivity contribution < 1.29 is 23.8 Å². The van der Waals surface area contributed by atoms with Crippen molar-refractivity contribution >= 4 is 29.3 Å². The normalized spacial score (nSPS) is 18.3. The van der Waals surface area contributed by atoms with Crippen LogP contribution in [0.2, 0.25) is 0 Å². The first-order chi connectivity index (χ1) is 20.3. The highest BCUT2D eigenvalue weighted by molar-refractivity contribution is 5.98. The number of carbonyl (C=O) groups is 2. The van der Waals surface area contributed by atoms with Crippen molar-refractivity contribution in [3.05, 3.63) is 83.7 Å². The van der Waals surface area contributed by atoms with Crippen molar-refractivity contribution in [2.75, 3.05) is 10.6 Å². The second-order valence-corrected chi connectivity index (χ2v) is 9.89. The molecule has 0 bridgehead atoms. The summed E-state index contributed by atoms with van der Waals surface area (Å²) in [5, 5.41) is 26.2. The maximum absolute atomic E-state index is 15.3. The summed E-state index contributed by atoms with van der Waals surface area (Å²) in [7, 11) is 0. The Labute approximate surface area is 240 Å². The quantitative estimate of drug-likeness (QED) is 0.188. The van der Waals surface area contributed by atoms with Crippen LogP contribution in [0.4, 0.5) is 26.5 Å². The van der Waals surface area contributed by atoms with Gasteiger partial charge < -0.3 is 31.5 Å². The van der Waals surface area contributed by atoms with Crippen molar-refractivity contribution in [2.45, 2.75) is 51.0 Å². The van der Waals surface area contributed by atoms with Crippen LogP contribution in [0.3, 0.4) is 0 Å². The lowest BCUT2D eigenvalue weighted by Gasteiger charge is -2.36. The molecule has 0 saturated heterocycles. The Kier molecular flexibility index (Phi) is 8.52. The summed E-state index contributed by atoms with van der Waals surface area (Å²) in [5.74, 6) is -1.89. The molecule has 218 valence electrons. The van der Waals surface area contributed by atoms with Gasteiger partial charge in [-0.15, -0.1) is 4.80 Å². The smallest absolute Gasteiger partial charge is 0.404 e. The van der Waals surface area contributed by atoms with E-state index in [4.69, 9.17) is 10.5 Å². The highest BCUT2D eigenvalue weighted by Crippen LogP contribution is 2.29. The predicted molar refractivity (Wildman–Crippen MR) is 151 cm³/mol. The highest BCUT2D eigenvalue weighted by atomic mass is 19.1. The molecule has 0 radical (unpaired) electrons. The summed E-state index contributed by atoms with van der Waals surface area (Å²) < 4.78 is 21.4. The molecule has 0 spiro atoms. The van der Waals surface area contributed by atoms with Gasteiger partial charge in [0.05, 0.1) is 60.3 Å². The van der Waals surface area contributed by atoms with Crippen molar-refractivity contribution in [1.29, 1.82) is 0 Å². The van der Waals surface area contributed by atoms with Crippen LogP contribution in [0, 0.1) is 12.7 Å². The number of rotatable bonds is 10. The number of primary amides is 1. The van der Waals surface area contributed by atoms with E-state index in [0.29, 0.717) is 42.9 Å². The Morgan fingerprint density at radius 2 is 1.88 bits per heavy atom. The number of benzene rings is 1. The number of anilines is 3. The Hall–Kier alpha value is -5.11. The monoisotopic (exact) mass is 575 g/mol. The molecule has 4 aromatic rings. The molecule has 42 heavy (non-hydrogen) atoms. The van der Waals surface area contributed by atoms with Gasteiger partial charge in [-0.25, -0.2) is 14.2 Å². The van der Waals surface area contributed by atoms with E-state index in [0.717, 1.165) is 11.6 Å². The fourth-order valence-corrected chi connectivity index (χ4v) is 4.88. The van der Waals surface area contributed by atoms with E-state index in [2.05, 4.69) is 36.1 Å². The summed E-state index contributed by atoms with van der Waals surface area (Å²) in [6, 6.07) is 11.3. The molecule has 0 unspecified atom stereocenters. The lowest BCUT2D eigenvalue weighted by Crippen LogP contribution is -2.51. The maximum atomic E-state index is 15.3. The van der Waals surface area contributed by atoms with Crippen LogP contribution < -0.4 is 21.7 Å². The molecule has 3 aromatic heterocycles. The number of hydrogen-bond donors (Lipinski definition) is 5. The largest absolute Gasteiger partial charge is 0.465 e. The fourth-order valence-electron chi connectivity index (χ4n) is 4.88. The summed E-state index contributed by atoms with van der Waals surface area (Å²) in [6.07, 6.45) is 4.66. The zero-order valence-electron chi connectivity index (χ0n) is 22.7. The number of hydrogen-bond acceptors (Lipinski definition) is 9. The van der Waals surface area contributed by atoms with Crippen LogP contribution in [0.25, 0.3) is 5.69 Å². The topological polar surface area (TPSA) is 182 Å². The predicted octanol–water partition coefficient (Wildman–Crippen LogP) is 3.53. The van der Waals surface area contributed by atoms with Crippen LogP contribution in [0.1, 0.15) is 40.9 Å². The number of halogens is 1. The van der Waals surface area contributed by atoms with Crippen molar-refractivity contribution in [1.82, 2.24) is 30.3 Å². The standard InChI is InChI=1S/C28H30FN9O4/c1-16-24(38-32-9-10-33-38)11-18(14-31-16)34-26-20(25(30)39)13-21(29)27(37-26)35-23-12-19(7-8-22(23)36-28(40)41)42-15-17-5-3-2-4-6-17/h2-6,9-11,13-14,19,22-23,36H,7-8,12,15H2,1H3,(H2,30,39)(H,40,41)(H2,34,35,37)/t19-,22-,23-/m0/s1. The Morgan fingerprint density at radius 1 is 1.12 bits per heavy atom. The fraction of sp³-hybridized carbons (Fsp3) is 0.286. The van der Waals surface area contributed by atoms with Gasteiger partial charge in [-0.05, 0) is 43.9 Å². The molecular weight excluding hydrogens is 545 g/mol. The lowest BCUT2D eigenvalue weighted by atomic mass is 9.88. The first-order valence-corrected chi connectivity index (χ1v) is 13.3. The zero-order chi connectivity index (χ0) is 29.6. The Morgan fingerprint density at radius 3 is 2.60 bits per heavy atom. The van der Waals surface area contributed by atoms with Crippen LogP contribution in [-0.4, -0.2) is 60.3 Å². The minimum atomic E-state index is -1.19. The van der Waals surface area contributed by atoms with Crippen LogP contribution in [0.15, 0.2) is 61.1 Å². The van der Waals surface area contributed by atoms with E-state index in [1.54, 1.807) is 13.0 Å². The third kappa shape index (κ3) is 6.78. The molecule has 1 aromatic carbocycles. The summed E-state index contributed by atoms with van der Waals surface area (Å²) >= 11 is 0. The summed E-state index contributed by atoms with van der Waals surface area (Å²) in [4.78, 5) is 33.8. The van der Waals surface area contributed by atoms with E-state index in [9.17, 15) is 14.7 Å². The van der Waals surface area contributed by atoms with Gasteiger partial charge in [0.2, 0.25) is 0 Å². The molecule has 1 aliphatic carbocycles. The minimum Gasteiger partial charge on any atom is -0.465 e. The molecule has 14 heteroatoms. The minimum absolute atomic E-state index is 0.00754. The van der Waals surface area contributed by atoms with E-state index >= 15 is 4.39 Å². The first-order valence-electron chi connectivity index (χ1n) is 13.3. The Balaban J connectivity index is 1.39. The molecule has 3 atom stereocenters. The van der Waals surface area contributed by atoms with E-state index < -0.39 is 29.9 Å². The molecule has 1 fully saturated rings. The molecule has 1 saturated carbocycles. The number of carboxylic acid groups (broad SMARTS) is 1. The number of aromatic nitrogens is 5. The number of nitrogens with one attached hydrogen (secondary N) is 3. The number of ether oxygens (including phenoxy) is 1. The lowest BCUT2D eigenvalue weighted by molar-refractivity contribution is 0.00807. The number of pyridine rings is 2. The van der Waals surface area contributed by atoms with Gasteiger partial charge in [0.25, 0.3) is 5.91 Å². The summed E-state index contributed by atoms with van der Waals surface area (Å²) in [6.45, 7) is 2.18. The SMILES string of the molecule is Cc1ncc(Nc2nc(N[C@H]3C[C@@H](OCc4ccccc4)CC[C@@H]3NC(=O)O)c(F)cc2C(N)=O)cc1-n1nccn1. The highest BCUT2D eigenvalue weighted by Gasteiger charge is 2.33. The second kappa shape index (κ2) is 12.6. The molecule has 1 aliphatic rings. The Bertz CT molecular complexity index is 1550. The van der Waals surface area contributed by atoms with Gasteiger partial charge in [-0.2, -0.15) is 10.2 Å². The van der Waals surface area contributed by atoms with Crippen molar-refractivity contribution in [3.8, 4) is 5.69 Å².